The van der Waals surface area contributed by atoms with Crippen LogP contribution in [0.1, 0.15) is 22.8 Å². The second-order valence-electron chi connectivity index (χ2n) is 13.2. The molecule has 2 aliphatic heterocycles. The van der Waals surface area contributed by atoms with Crippen LogP contribution < -0.4 is 18.9 Å². The summed E-state index contributed by atoms with van der Waals surface area (Å²) in [6.45, 7) is 0. The van der Waals surface area contributed by atoms with E-state index in [1.165, 1.54) is 13.6 Å². The first-order chi connectivity index (χ1) is 27.5. The Hall–Kier alpha value is -5.34. The predicted molar refractivity (Wildman–Crippen MR) is 232 cm³/mol. The van der Waals surface area contributed by atoms with Gasteiger partial charge >= 0.3 is 348 Å². The molecule has 0 radical (unpaired) electrons. The Morgan fingerprint density at radius 2 is 0.518 bits per heavy atom. The van der Waals surface area contributed by atoms with Crippen molar-refractivity contribution in [1.82, 2.24) is 9.97 Å². The molecule has 8 bridgehead atoms. The van der Waals surface area contributed by atoms with Gasteiger partial charge in [0, 0.05) is 0 Å². The summed E-state index contributed by atoms with van der Waals surface area (Å²) in [5, 5.41) is 0. The van der Waals surface area contributed by atoms with E-state index in [4.69, 9.17) is 28.9 Å². The van der Waals surface area contributed by atoms with E-state index in [0.717, 1.165) is 90.3 Å². The van der Waals surface area contributed by atoms with Gasteiger partial charge in [-0.05, 0) is 0 Å². The Labute approximate surface area is 345 Å². The molecule has 0 aliphatic carbocycles. The van der Waals surface area contributed by atoms with E-state index in [-0.39, 0.29) is 0 Å². The number of benzene rings is 4. The maximum atomic E-state index is 5.56. The van der Waals surface area contributed by atoms with E-state index >= 15 is 0 Å². The second kappa shape index (κ2) is 15.7. The molecule has 0 amide bonds. The van der Waals surface area contributed by atoms with Crippen LogP contribution in [-0.2, 0) is 0 Å². The molecule has 8 heteroatoms. The van der Waals surface area contributed by atoms with Crippen LogP contribution in [0.2, 0.25) is 0 Å². The van der Waals surface area contributed by atoms with E-state index < -0.39 is 40.9 Å². The number of methoxy groups -OCH3 is 4. The first-order valence-corrected chi connectivity index (χ1v) is 22.7. The summed E-state index contributed by atoms with van der Waals surface area (Å²) in [6.07, 6.45) is 8.78. The van der Waals surface area contributed by atoms with Crippen molar-refractivity contribution < 1.29 is 18.9 Å². The summed E-state index contributed by atoms with van der Waals surface area (Å²) < 4.78 is 27.5. The molecule has 0 unspecified atom stereocenters. The van der Waals surface area contributed by atoms with E-state index in [9.17, 15) is 0 Å². The Morgan fingerprint density at radius 1 is 0.304 bits per heavy atom. The molecule has 5 heterocycles. The third-order valence-electron chi connectivity index (χ3n) is 10.0. The maximum absolute atomic E-state index is 5.56. The fourth-order valence-electron chi connectivity index (χ4n) is 7.19. The topological polar surface area (TPSA) is 62.7 Å². The van der Waals surface area contributed by atoms with Crippen molar-refractivity contribution in [2.75, 3.05) is 28.4 Å². The standard InChI is InChI=1S/C48H36N2O4Te2/c1-51-33-13-5-29(6-14-33)45-37-21-22-38(49-37)46(30-7-15-34(52-2)16-8-30)43-27-28-44(56-43)48(32-11-19-36(54-4)20-12-32)40-24-23-39(50-40)47(42-26-25-41(45)55-42)31-9-17-35(53-3)18-10-31/h5-28H,1-4H3. The van der Waals surface area contributed by atoms with Gasteiger partial charge in [-0.2, -0.15) is 0 Å². The van der Waals surface area contributed by atoms with Crippen molar-refractivity contribution in [3.8, 4) is 67.5 Å². The number of aromatic nitrogens is 2. The Balaban J connectivity index is 1.44. The van der Waals surface area contributed by atoms with Crippen LogP contribution in [0.5, 0.6) is 23.0 Å². The average Bonchev–Trinajstić information content (AvgIpc) is 4.10. The molecule has 6 nitrogen and oxygen atoms in total. The third kappa shape index (κ3) is 6.89. The van der Waals surface area contributed by atoms with Crippen LogP contribution in [0.25, 0.3) is 82.4 Å². The van der Waals surface area contributed by atoms with Gasteiger partial charge in [0.15, 0.2) is 0 Å². The number of ether oxygens (including phenoxy) is 4. The molecule has 9 rings (SSSR count). The van der Waals surface area contributed by atoms with Gasteiger partial charge in [-0.15, -0.1) is 0 Å². The number of nitrogens with zero attached hydrogens (tertiary/aromatic N) is 2. The van der Waals surface area contributed by atoms with Crippen molar-refractivity contribution in [3.05, 3.63) is 144 Å². The first kappa shape index (κ1) is 36.3. The minimum absolute atomic E-state index is 0.824. The zero-order valence-electron chi connectivity index (χ0n) is 31.2. The quantitative estimate of drug-likeness (QED) is 0.141. The van der Waals surface area contributed by atoms with Gasteiger partial charge in [0.1, 0.15) is 0 Å². The van der Waals surface area contributed by atoms with Crippen molar-refractivity contribution in [3.63, 3.8) is 0 Å². The molecule has 3 aromatic heterocycles. The van der Waals surface area contributed by atoms with Gasteiger partial charge in [0.25, 0.3) is 0 Å². The van der Waals surface area contributed by atoms with Gasteiger partial charge in [0.05, 0.1) is 0 Å². The molecule has 0 saturated heterocycles. The first-order valence-electron chi connectivity index (χ1n) is 18.1. The molecule has 0 saturated carbocycles. The third-order valence-corrected chi connectivity index (χ3v) is 16.4. The van der Waals surface area contributed by atoms with Crippen molar-refractivity contribution in [2.45, 2.75) is 0 Å². The van der Waals surface area contributed by atoms with Crippen molar-refractivity contribution in [2.24, 2.45) is 0 Å². The fourth-order valence-corrected chi connectivity index (χ4v) is 13.8. The van der Waals surface area contributed by atoms with Crippen LogP contribution in [0.4, 0.5) is 0 Å². The van der Waals surface area contributed by atoms with E-state index in [0.29, 0.717) is 0 Å². The molecule has 0 spiro atoms. The fraction of sp³-hybridized carbons (Fsp3) is 0.0833. The van der Waals surface area contributed by atoms with Crippen LogP contribution in [0, 0.1) is 0 Å². The number of hydrogen-bond acceptors (Lipinski definition) is 6. The number of fused-ring (bicyclic) bond motifs is 8. The van der Waals surface area contributed by atoms with E-state index in [1.807, 2.05) is 48.5 Å². The van der Waals surface area contributed by atoms with Crippen molar-refractivity contribution in [1.29, 1.82) is 0 Å². The minimum atomic E-state index is -0.906. The van der Waals surface area contributed by atoms with Crippen molar-refractivity contribution >= 4 is 78.8 Å². The van der Waals surface area contributed by atoms with Crippen LogP contribution >= 0.6 is 0 Å². The monoisotopic (exact) mass is 964 g/mol. The zero-order valence-corrected chi connectivity index (χ0v) is 35.9. The van der Waals surface area contributed by atoms with Gasteiger partial charge < -0.3 is 0 Å². The van der Waals surface area contributed by atoms with Crippen LogP contribution in [0.3, 0.4) is 0 Å². The van der Waals surface area contributed by atoms with Gasteiger partial charge in [-0.3, -0.25) is 0 Å². The van der Waals surface area contributed by atoms with E-state index in [1.54, 1.807) is 28.4 Å². The molecular formula is C48H36N2O4Te2. The Kier molecular flexibility index (Phi) is 10.2. The zero-order chi connectivity index (χ0) is 38.2. The summed E-state index contributed by atoms with van der Waals surface area (Å²) in [5.41, 5.74) is 12.9. The Morgan fingerprint density at radius 3 is 0.714 bits per heavy atom. The summed E-state index contributed by atoms with van der Waals surface area (Å²) in [7, 11) is 6.82. The molecule has 4 aromatic carbocycles. The molecule has 0 fully saturated rings. The molecule has 7 aromatic rings. The molecule has 0 N–H and O–H groups in total. The SMILES string of the molecule is COc1ccc(-c2c3nc(c(-c4ccc(OC)cc4)c4ccc([te]4)c(-c4ccc(OC)cc4)c4nc(c(-c5ccc(OC)cc5)c5ccc2[te]5)C=C4)C=C3)cc1. The molecule has 0 atom stereocenters. The molecule has 274 valence electrons. The molecular weight excluding hydrogens is 924 g/mol. The summed E-state index contributed by atoms with van der Waals surface area (Å²) in [5.74, 6) is 3.30. The van der Waals surface area contributed by atoms with Gasteiger partial charge in [-0.1, -0.05) is 0 Å². The summed E-state index contributed by atoms with van der Waals surface area (Å²) in [4.78, 5) is 11.0. The predicted octanol–water partition coefficient (Wildman–Crippen LogP) is 10.8. The Bertz CT molecular complexity index is 2440. The second-order valence-corrected chi connectivity index (χ2v) is 19.4. The number of rotatable bonds is 8. The van der Waals surface area contributed by atoms with Gasteiger partial charge in [0.2, 0.25) is 0 Å². The summed E-state index contributed by atoms with van der Waals surface area (Å²) in [6, 6.07) is 42.7. The van der Waals surface area contributed by atoms with Crippen LogP contribution in [-0.4, -0.2) is 79.3 Å². The van der Waals surface area contributed by atoms with Gasteiger partial charge in [-0.25, -0.2) is 0 Å². The van der Waals surface area contributed by atoms with E-state index in [2.05, 4.69) is 97.1 Å². The number of hydrogen-bond donors (Lipinski definition) is 0. The normalized spacial score (nSPS) is 11.8. The average molecular weight is 960 g/mol. The molecule has 2 aliphatic rings. The summed E-state index contributed by atoms with van der Waals surface area (Å²) >= 11 is -1.81. The van der Waals surface area contributed by atoms with Crippen LogP contribution in [0.15, 0.2) is 121 Å². The molecule has 56 heavy (non-hydrogen) atoms.